The maximum atomic E-state index is 11.7. The topological polar surface area (TPSA) is 59.3 Å². The smallest absolute Gasteiger partial charge is 0.341 e. The van der Waals surface area contributed by atoms with Crippen LogP contribution in [0.1, 0.15) is 48.8 Å². The average molecular weight is 302 g/mol. The Labute approximate surface area is 108 Å². The minimum atomic E-state index is -1.18. The summed E-state index contributed by atoms with van der Waals surface area (Å²) >= 11 is 3.18. The minimum absolute atomic E-state index is 0.186. The van der Waals surface area contributed by atoms with Gasteiger partial charge >= 0.3 is 5.97 Å². The van der Waals surface area contributed by atoms with Gasteiger partial charge in [-0.1, -0.05) is 13.8 Å². The third-order valence-corrected chi connectivity index (χ3v) is 3.92. The minimum Gasteiger partial charge on any atom is -0.477 e. The van der Waals surface area contributed by atoms with Gasteiger partial charge in [-0.2, -0.15) is 0 Å². The van der Waals surface area contributed by atoms with E-state index in [1.165, 1.54) is 6.20 Å². The van der Waals surface area contributed by atoms with Gasteiger partial charge in [0.15, 0.2) is 0 Å². The normalized spacial score (nSPS) is 10.9. The van der Waals surface area contributed by atoms with Crippen LogP contribution in [0.25, 0.3) is 0 Å². The summed E-state index contributed by atoms with van der Waals surface area (Å²) in [5, 5.41) is 9.00. The number of pyridine rings is 1. The molecule has 0 unspecified atom stereocenters. The molecule has 1 rings (SSSR count). The van der Waals surface area contributed by atoms with Crippen molar-refractivity contribution < 1.29 is 9.90 Å². The summed E-state index contributed by atoms with van der Waals surface area (Å²) in [5.74, 6) is -1.18. The number of aromatic carboxylic acids is 1. The van der Waals surface area contributed by atoms with Crippen LogP contribution in [0.3, 0.4) is 0 Å². The predicted octanol–water partition coefficient (Wildman–Crippen LogP) is 2.98. The maximum Gasteiger partial charge on any atom is 0.341 e. The molecule has 94 valence electrons. The summed E-state index contributed by atoms with van der Waals surface area (Å²) in [6, 6.07) is 0.213. The molecule has 1 N–H and O–H groups in total. The van der Waals surface area contributed by atoms with Crippen molar-refractivity contribution in [2.75, 3.05) is 0 Å². The van der Waals surface area contributed by atoms with E-state index in [1.807, 2.05) is 25.3 Å². The van der Waals surface area contributed by atoms with E-state index in [2.05, 4.69) is 15.9 Å². The molecule has 0 fully saturated rings. The summed E-state index contributed by atoms with van der Waals surface area (Å²) < 4.78 is 2.21. The molecule has 0 spiro atoms. The molecule has 1 aromatic heterocycles. The lowest BCUT2D eigenvalue weighted by atomic mass is 10.1. The SMILES string of the molecule is CCC(CC)n1cc(C(=O)O)c(=O)c(Br)c1C. The van der Waals surface area contributed by atoms with Crippen LogP contribution < -0.4 is 5.43 Å². The highest BCUT2D eigenvalue weighted by Crippen LogP contribution is 2.21. The largest absolute Gasteiger partial charge is 0.477 e. The van der Waals surface area contributed by atoms with Crippen molar-refractivity contribution in [2.45, 2.75) is 39.7 Å². The fourth-order valence-corrected chi connectivity index (χ4v) is 2.32. The Morgan fingerprint density at radius 1 is 1.47 bits per heavy atom. The lowest BCUT2D eigenvalue weighted by molar-refractivity contribution is 0.0694. The molecule has 4 nitrogen and oxygen atoms in total. The van der Waals surface area contributed by atoms with E-state index >= 15 is 0 Å². The van der Waals surface area contributed by atoms with Crippen molar-refractivity contribution in [3.63, 3.8) is 0 Å². The predicted molar refractivity (Wildman–Crippen MR) is 69.7 cm³/mol. The van der Waals surface area contributed by atoms with Crippen LogP contribution in [0, 0.1) is 6.92 Å². The summed E-state index contributed by atoms with van der Waals surface area (Å²) in [6.07, 6.45) is 3.24. The highest BCUT2D eigenvalue weighted by Gasteiger charge is 2.18. The van der Waals surface area contributed by atoms with Crippen LogP contribution in [-0.2, 0) is 0 Å². The van der Waals surface area contributed by atoms with Crippen LogP contribution in [0.2, 0.25) is 0 Å². The Hall–Kier alpha value is -1.10. The van der Waals surface area contributed by atoms with Crippen molar-refractivity contribution in [3.8, 4) is 0 Å². The fraction of sp³-hybridized carbons (Fsp3) is 0.500. The first-order valence-corrected chi connectivity index (χ1v) is 6.37. The second-order valence-corrected chi connectivity index (χ2v) is 4.75. The number of aromatic nitrogens is 1. The number of carboxylic acids is 1. The van der Waals surface area contributed by atoms with Crippen molar-refractivity contribution >= 4 is 21.9 Å². The molecular formula is C12H16BrNO3. The Balaban J connectivity index is 3.52. The Bertz CT molecular complexity index is 489. The highest BCUT2D eigenvalue weighted by molar-refractivity contribution is 9.10. The Morgan fingerprint density at radius 3 is 2.41 bits per heavy atom. The molecule has 0 aliphatic rings. The van der Waals surface area contributed by atoms with Gasteiger partial charge in [0.2, 0.25) is 5.43 Å². The maximum absolute atomic E-state index is 11.7. The van der Waals surface area contributed by atoms with E-state index in [1.54, 1.807) is 0 Å². The van der Waals surface area contributed by atoms with Gasteiger partial charge in [0, 0.05) is 17.9 Å². The van der Waals surface area contributed by atoms with E-state index in [9.17, 15) is 9.59 Å². The number of hydrogen-bond donors (Lipinski definition) is 1. The number of halogens is 1. The summed E-state index contributed by atoms with van der Waals surface area (Å²) in [6.45, 7) is 5.90. The first kappa shape index (κ1) is 14.0. The molecule has 0 aliphatic carbocycles. The molecule has 17 heavy (non-hydrogen) atoms. The number of carboxylic acid groups (broad SMARTS) is 1. The van der Waals surface area contributed by atoms with E-state index in [0.717, 1.165) is 18.5 Å². The first-order valence-electron chi connectivity index (χ1n) is 5.58. The zero-order chi connectivity index (χ0) is 13.2. The number of nitrogens with zero attached hydrogens (tertiary/aromatic N) is 1. The van der Waals surface area contributed by atoms with Gasteiger partial charge in [-0.25, -0.2) is 4.79 Å². The zero-order valence-corrected chi connectivity index (χ0v) is 11.7. The molecular weight excluding hydrogens is 286 g/mol. The van der Waals surface area contributed by atoms with Crippen molar-refractivity contribution in [1.29, 1.82) is 0 Å². The summed E-state index contributed by atoms with van der Waals surface area (Å²) in [7, 11) is 0. The van der Waals surface area contributed by atoms with Crippen molar-refractivity contribution in [1.82, 2.24) is 4.57 Å². The molecule has 0 radical (unpaired) electrons. The summed E-state index contributed by atoms with van der Waals surface area (Å²) in [4.78, 5) is 22.7. The molecule has 0 aliphatic heterocycles. The number of hydrogen-bond acceptors (Lipinski definition) is 2. The molecule has 1 heterocycles. The van der Waals surface area contributed by atoms with Crippen LogP contribution in [-0.4, -0.2) is 15.6 Å². The van der Waals surface area contributed by atoms with E-state index < -0.39 is 11.4 Å². The zero-order valence-electron chi connectivity index (χ0n) is 10.2. The molecule has 1 aromatic rings. The van der Waals surface area contributed by atoms with Gasteiger partial charge < -0.3 is 9.67 Å². The van der Waals surface area contributed by atoms with Crippen LogP contribution in [0.15, 0.2) is 15.5 Å². The lowest BCUT2D eigenvalue weighted by Gasteiger charge is -2.21. The van der Waals surface area contributed by atoms with Gasteiger partial charge in [0.05, 0.1) is 4.47 Å². The third kappa shape index (κ3) is 2.60. The van der Waals surface area contributed by atoms with Crippen LogP contribution in [0.4, 0.5) is 0 Å². The molecule has 5 heteroatoms. The van der Waals surface area contributed by atoms with Gasteiger partial charge in [0.25, 0.3) is 0 Å². The highest BCUT2D eigenvalue weighted by atomic mass is 79.9. The first-order chi connectivity index (χ1) is 7.93. The van der Waals surface area contributed by atoms with Crippen molar-refractivity contribution in [3.05, 3.63) is 32.2 Å². The van der Waals surface area contributed by atoms with Crippen LogP contribution in [0.5, 0.6) is 0 Å². The fourth-order valence-electron chi connectivity index (χ4n) is 1.90. The van der Waals surface area contributed by atoms with Crippen molar-refractivity contribution in [2.24, 2.45) is 0 Å². The average Bonchev–Trinajstić information content (AvgIpc) is 2.30. The Kier molecular flexibility index (Phi) is 4.51. The molecule has 0 saturated carbocycles. The van der Waals surface area contributed by atoms with Gasteiger partial charge in [-0.3, -0.25) is 4.79 Å². The van der Waals surface area contributed by atoms with Crippen LogP contribution >= 0.6 is 15.9 Å². The monoisotopic (exact) mass is 301 g/mol. The molecule has 0 atom stereocenters. The number of rotatable bonds is 4. The van der Waals surface area contributed by atoms with Gasteiger partial charge in [-0.15, -0.1) is 0 Å². The summed E-state index contributed by atoms with van der Waals surface area (Å²) in [5.41, 5.74) is 0.125. The number of carbonyl (C=O) groups is 1. The van der Waals surface area contributed by atoms with E-state index in [0.29, 0.717) is 4.47 Å². The Morgan fingerprint density at radius 2 is 2.00 bits per heavy atom. The quantitative estimate of drug-likeness (QED) is 0.930. The van der Waals surface area contributed by atoms with E-state index in [4.69, 9.17) is 5.11 Å². The van der Waals surface area contributed by atoms with Gasteiger partial charge in [-0.05, 0) is 35.7 Å². The molecule has 0 bridgehead atoms. The second kappa shape index (κ2) is 5.49. The molecule has 0 amide bonds. The molecule has 0 aromatic carbocycles. The molecule has 0 saturated heterocycles. The standard InChI is InChI=1S/C12H16BrNO3/c1-4-8(5-2)14-6-9(12(16)17)11(15)10(13)7(14)3/h6,8H,4-5H2,1-3H3,(H,16,17). The van der Waals surface area contributed by atoms with E-state index in [-0.39, 0.29) is 11.6 Å². The third-order valence-electron chi connectivity index (χ3n) is 2.98. The van der Waals surface area contributed by atoms with Gasteiger partial charge in [0.1, 0.15) is 5.56 Å². The lowest BCUT2D eigenvalue weighted by Crippen LogP contribution is -2.23. The second-order valence-electron chi connectivity index (χ2n) is 3.95.